The highest BCUT2D eigenvalue weighted by Gasteiger charge is 2.43. The van der Waals surface area contributed by atoms with Crippen molar-refractivity contribution in [3.8, 4) is 0 Å². The molecule has 0 aliphatic carbocycles. The normalized spacial score (nSPS) is 12.8. The minimum Gasteiger partial charge on any atom is -0.0648 e. The first-order chi connectivity index (χ1) is 7.44. The van der Waals surface area contributed by atoms with Gasteiger partial charge in [-0.15, -0.1) is 0 Å². The molecule has 0 amide bonds. The Morgan fingerprint density at radius 3 is 1.38 bits per heavy atom. The van der Waals surface area contributed by atoms with Crippen LogP contribution in [-0.2, 0) is 0 Å². The van der Waals surface area contributed by atoms with Gasteiger partial charge >= 0.3 is 0 Å². The third-order valence-corrected chi connectivity index (χ3v) is 11.2. The molecular weight excluding hydrogens is 208 g/mol. The SMILES string of the molecule is CC(C)[Si](c1ccccc1)(C(C)C)C(C)C. The van der Waals surface area contributed by atoms with Crippen LogP contribution in [0.3, 0.4) is 0 Å². The zero-order chi connectivity index (χ0) is 12.3. The van der Waals surface area contributed by atoms with E-state index in [0.717, 1.165) is 16.6 Å². The van der Waals surface area contributed by atoms with Crippen molar-refractivity contribution in [3.63, 3.8) is 0 Å². The van der Waals surface area contributed by atoms with Gasteiger partial charge in [0.15, 0.2) is 0 Å². The molecule has 0 unspecified atom stereocenters. The molecule has 1 aromatic rings. The Bertz CT molecular complexity index is 290. The van der Waals surface area contributed by atoms with Crippen LogP contribution in [0.1, 0.15) is 41.5 Å². The van der Waals surface area contributed by atoms with Gasteiger partial charge in [0.1, 0.15) is 0 Å². The lowest BCUT2D eigenvalue weighted by molar-refractivity contribution is 0.835. The van der Waals surface area contributed by atoms with E-state index in [9.17, 15) is 0 Å². The Hall–Kier alpha value is -0.563. The van der Waals surface area contributed by atoms with Crippen LogP contribution in [0.2, 0.25) is 16.6 Å². The molecule has 0 saturated carbocycles. The number of hydrogen-bond acceptors (Lipinski definition) is 0. The van der Waals surface area contributed by atoms with Gasteiger partial charge in [-0.05, 0) is 16.6 Å². The van der Waals surface area contributed by atoms with Gasteiger partial charge in [0.2, 0.25) is 0 Å². The molecule has 0 aliphatic heterocycles. The van der Waals surface area contributed by atoms with Gasteiger partial charge in [0.25, 0.3) is 0 Å². The van der Waals surface area contributed by atoms with E-state index >= 15 is 0 Å². The zero-order valence-electron chi connectivity index (χ0n) is 11.6. The van der Waals surface area contributed by atoms with Gasteiger partial charge in [-0.25, -0.2) is 0 Å². The molecule has 0 nitrogen and oxygen atoms in total. The van der Waals surface area contributed by atoms with Crippen LogP contribution in [0.4, 0.5) is 0 Å². The average Bonchev–Trinajstić information content (AvgIpc) is 2.18. The smallest absolute Gasteiger partial charge is 0.0648 e. The summed E-state index contributed by atoms with van der Waals surface area (Å²) >= 11 is 0. The maximum Gasteiger partial charge on any atom is 0.0942 e. The van der Waals surface area contributed by atoms with Crippen molar-refractivity contribution in [2.24, 2.45) is 0 Å². The molecular formula is C15H26Si. The highest BCUT2D eigenvalue weighted by Crippen LogP contribution is 2.40. The topological polar surface area (TPSA) is 0 Å². The Labute approximate surface area is 102 Å². The summed E-state index contributed by atoms with van der Waals surface area (Å²) < 4.78 is 0. The van der Waals surface area contributed by atoms with Crippen molar-refractivity contribution < 1.29 is 0 Å². The maximum absolute atomic E-state index is 2.42. The fourth-order valence-electron chi connectivity index (χ4n) is 3.73. The van der Waals surface area contributed by atoms with E-state index < -0.39 is 8.07 Å². The van der Waals surface area contributed by atoms with E-state index in [1.165, 1.54) is 0 Å². The molecule has 0 radical (unpaired) electrons. The predicted molar refractivity (Wildman–Crippen MR) is 77.1 cm³/mol. The zero-order valence-corrected chi connectivity index (χ0v) is 12.6. The maximum atomic E-state index is 2.42. The highest BCUT2D eigenvalue weighted by molar-refractivity contribution is 6.95. The minimum atomic E-state index is -1.40. The van der Waals surface area contributed by atoms with Gasteiger partial charge in [-0.3, -0.25) is 0 Å². The Morgan fingerprint density at radius 1 is 0.688 bits per heavy atom. The summed E-state index contributed by atoms with van der Waals surface area (Å²) in [6.07, 6.45) is 0. The Kier molecular flexibility index (Phi) is 4.37. The first-order valence-electron chi connectivity index (χ1n) is 6.49. The third kappa shape index (κ3) is 2.10. The van der Waals surface area contributed by atoms with Crippen molar-refractivity contribution in [3.05, 3.63) is 30.3 Å². The largest absolute Gasteiger partial charge is 0.0942 e. The van der Waals surface area contributed by atoms with Crippen LogP contribution in [0, 0.1) is 0 Å². The van der Waals surface area contributed by atoms with E-state index in [4.69, 9.17) is 0 Å². The monoisotopic (exact) mass is 234 g/mol. The molecule has 0 spiro atoms. The van der Waals surface area contributed by atoms with Crippen LogP contribution in [-0.4, -0.2) is 8.07 Å². The molecule has 0 aromatic heterocycles. The molecule has 0 aliphatic rings. The summed E-state index contributed by atoms with van der Waals surface area (Å²) in [5.74, 6) is 0. The fourth-order valence-corrected chi connectivity index (χ4v) is 10.5. The van der Waals surface area contributed by atoms with Gasteiger partial charge < -0.3 is 0 Å². The molecule has 1 aromatic carbocycles. The lowest BCUT2D eigenvalue weighted by atomic mass is 10.4. The lowest BCUT2D eigenvalue weighted by Crippen LogP contribution is -2.55. The molecule has 1 heteroatoms. The second-order valence-electron chi connectivity index (χ2n) is 5.76. The summed E-state index contributed by atoms with van der Waals surface area (Å²) in [5.41, 5.74) is 2.40. The summed E-state index contributed by atoms with van der Waals surface area (Å²) in [6.45, 7) is 14.5. The van der Waals surface area contributed by atoms with E-state index in [1.807, 2.05) is 0 Å². The van der Waals surface area contributed by atoms with Crippen LogP contribution < -0.4 is 5.19 Å². The quantitative estimate of drug-likeness (QED) is 0.669. The summed E-state index contributed by atoms with van der Waals surface area (Å²) in [6, 6.07) is 11.2. The molecule has 0 bridgehead atoms. The second kappa shape index (κ2) is 5.18. The Morgan fingerprint density at radius 2 is 1.06 bits per heavy atom. The first-order valence-corrected chi connectivity index (χ1v) is 8.72. The standard InChI is InChI=1S/C15H26Si/c1-12(2)16(13(3)4,14(5)6)15-10-8-7-9-11-15/h7-14H,1-6H3. The van der Waals surface area contributed by atoms with Crippen molar-refractivity contribution in [2.45, 2.75) is 58.2 Å². The average molecular weight is 234 g/mol. The number of rotatable bonds is 4. The van der Waals surface area contributed by atoms with E-state index in [0.29, 0.717) is 0 Å². The van der Waals surface area contributed by atoms with Crippen LogP contribution in [0.5, 0.6) is 0 Å². The summed E-state index contributed by atoms with van der Waals surface area (Å²) in [4.78, 5) is 0. The molecule has 0 fully saturated rings. The van der Waals surface area contributed by atoms with Crippen LogP contribution in [0.25, 0.3) is 0 Å². The minimum absolute atomic E-state index is 0.801. The van der Waals surface area contributed by atoms with Gasteiger partial charge in [0.05, 0.1) is 8.07 Å². The summed E-state index contributed by atoms with van der Waals surface area (Å²) in [7, 11) is -1.40. The van der Waals surface area contributed by atoms with Crippen LogP contribution in [0.15, 0.2) is 30.3 Å². The molecule has 90 valence electrons. The number of hydrogen-bond donors (Lipinski definition) is 0. The molecule has 0 heterocycles. The molecule has 1 rings (SSSR count). The van der Waals surface area contributed by atoms with Crippen LogP contribution >= 0.6 is 0 Å². The fraction of sp³-hybridized carbons (Fsp3) is 0.600. The van der Waals surface area contributed by atoms with Gasteiger partial charge in [-0.1, -0.05) is 77.1 Å². The van der Waals surface area contributed by atoms with E-state index in [1.54, 1.807) is 5.19 Å². The van der Waals surface area contributed by atoms with E-state index in [-0.39, 0.29) is 0 Å². The van der Waals surface area contributed by atoms with Crippen molar-refractivity contribution >= 4 is 13.3 Å². The van der Waals surface area contributed by atoms with Crippen molar-refractivity contribution in [1.82, 2.24) is 0 Å². The summed E-state index contributed by atoms with van der Waals surface area (Å²) in [5, 5.41) is 1.63. The highest BCUT2D eigenvalue weighted by atomic mass is 28.3. The number of benzene rings is 1. The molecule has 0 N–H and O–H groups in total. The van der Waals surface area contributed by atoms with Gasteiger partial charge in [-0.2, -0.15) is 0 Å². The first kappa shape index (κ1) is 13.5. The lowest BCUT2D eigenvalue weighted by Gasteiger charge is -2.43. The van der Waals surface area contributed by atoms with Crippen molar-refractivity contribution in [1.29, 1.82) is 0 Å². The molecule has 0 atom stereocenters. The van der Waals surface area contributed by atoms with E-state index in [2.05, 4.69) is 71.9 Å². The predicted octanol–water partition coefficient (Wildman–Crippen LogP) is 4.57. The van der Waals surface area contributed by atoms with Crippen molar-refractivity contribution in [2.75, 3.05) is 0 Å². The molecule has 16 heavy (non-hydrogen) atoms. The second-order valence-corrected chi connectivity index (χ2v) is 11.7. The Balaban J connectivity index is 3.34. The van der Waals surface area contributed by atoms with Gasteiger partial charge in [0, 0.05) is 0 Å². The third-order valence-electron chi connectivity index (χ3n) is 4.14. The molecule has 0 saturated heterocycles.